The van der Waals surface area contributed by atoms with Gasteiger partial charge in [-0.05, 0) is 43.2 Å². The van der Waals surface area contributed by atoms with Gasteiger partial charge in [0, 0.05) is 31.0 Å². The van der Waals surface area contributed by atoms with Crippen molar-refractivity contribution in [2.24, 2.45) is 0 Å². The van der Waals surface area contributed by atoms with Crippen LogP contribution in [-0.2, 0) is 17.8 Å². The Kier molecular flexibility index (Phi) is 7.02. The van der Waals surface area contributed by atoms with Crippen molar-refractivity contribution in [1.29, 1.82) is 0 Å². The van der Waals surface area contributed by atoms with Crippen LogP contribution in [0.1, 0.15) is 23.2 Å². The number of ether oxygens (including phenoxy) is 2. The van der Waals surface area contributed by atoms with E-state index in [2.05, 4.69) is 15.4 Å². The topological polar surface area (TPSA) is 137 Å². The first-order chi connectivity index (χ1) is 16.5. The predicted octanol–water partition coefficient (Wildman–Crippen LogP) is 0.378. The number of methoxy groups -OCH3 is 1. The van der Waals surface area contributed by atoms with E-state index in [1.54, 1.807) is 25.3 Å². The van der Waals surface area contributed by atoms with Gasteiger partial charge in [0.15, 0.2) is 0 Å². The second-order valence-corrected chi connectivity index (χ2v) is 7.82. The summed E-state index contributed by atoms with van der Waals surface area (Å²) in [5.41, 5.74) is -0.402. The lowest BCUT2D eigenvalue weighted by Gasteiger charge is -2.12. The molecule has 178 valence electrons. The Hall–Kier alpha value is -3.99. The fraction of sp³-hybridized carbons (Fsp3) is 0.348. The number of H-pyrrole nitrogens is 1. The van der Waals surface area contributed by atoms with Gasteiger partial charge in [0.05, 0.1) is 32.0 Å². The zero-order chi connectivity index (χ0) is 24.1. The number of rotatable bonds is 8. The van der Waals surface area contributed by atoms with Crippen molar-refractivity contribution in [2.75, 3.05) is 20.3 Å². The number of hydrogen-bond acceptors (Lipinski definition) is 7. The molecule has 1 aliphatic rings. The lowest BCUT2D eigenvalue weighted by atomic mass is 10.1. The van der Waals surface area contributed by atoms with Gasteiger partial charge in [0.1, 0.15) is 11.3 Å². The maximum absolute atomic E-state index is 12.7. The van der Waals surface area contributed by atoms with Gasteiger partial charge in [-0.2, -0.15) is 5.10 Å². The van der Waals surface area contributed by atoms with Crippen molar-refractivity contribution >= 4 is 5.91 Å². The third-order valence-corrected chi connectivity index (χ3v) is 5.58. The normalized spacial score (nSPS) is 15.3. The van der Waals surface area contributed by atoms with Crippen LogP contribution in [0.4, 0.5) is 0 Å². The van der Waals surface area contributed by atoms with Crippen LogP contribution in [0.5, 0.6) is 5.75 Å². The highest BCUT2D eigenvalue weighted by Gasteiger charge is 2.20. The highest BCUT2D eigenvalue weighted by atomic mass is 16.5. The highest BCUT2D eigenvalue weighted by Crippen LogP contribution is 2.19. The van der Waals surface area contributed by atoms with Crippen LogP contribution in [0.25, 0.3) is 11.3 Å². The Morgan fingerprint density at radius 3 is 2.71 bits per heavy atom. The summed E-state index contributed by atoms with van der Waals surface area (Å²) in [6, 6.07) is 10.3. The van der Waals surface area contributed by atoms with E-state index < -0.39 is 17.2 Å². The largest absolute Gasteiger partial charge is 0.497 e. The molecule has 4 rings (SSSR count). The van der Waals surface area contributed by atoms with E-state index >= 15 is 0 Å². The first-order valence-electron chi connectivity index (χ1n) is 10.9. The molecule has 2 aromatic heterocycles. The van der Waals surface area contributed by atoms with Gasteiger partial charge in [-0.25, -0.2) is 9.48 Å². The summed E-state index contributed by atoms with van der Waals surface area (Å²) < 4.78 is 12.9. The molecular formula is C23H25N5O6. The molecule has 34 heavy (non-hydrogen) atoms. The Labute approximate surface area is 194 Å². The molecule has 2 N–H and O–H groups in total. The van der Waals surface area contributed by atoms with Crippen LogP contribution in [0.2, 0.25) is 0 Å². The van der Waals surface area contributed by atoms with Gasteiger partial charge >= 0.3 is 5.69 Å². The summed E-state index contributed by atoms with van der Waals surface area (Å²) >= 11 is 0. The number of benzene rings is 1. The average Bonchev–Trinajstić information content (AvgIpc) is 3.36. The minimum absolute atomic E-state index is 0.0576. The maximum Gasteiger partial charge on any atom is 0.328 e. The maximum atomic E-state index is 12.7. The van der Waals surface area contributed by atoms with E-state index in [0.717, 1.165) is 29.2 Å². The molecule has 1 fully saturated rings. The van der Waals surface area contributed by atoms with Crippen molar-refractivity contribution in [1.82, 2.24) is 24.6 Å². The first-order valence-corrected chi connectivity index (χ1v) is 10.9. The summed E-state index contributed by atoms with van der Waals surface area (Å²) in [7, 11) is 1.58. The molecule has 11 heteroatoms. The SMILES string of the molecule is COc1ccc(-c2ccc(=O)n(CCNC(=O)c3c[nH]c(=O)n(CC4CCCO4)c3=O)n2)cc1. The second-order valence-electron chi connectivity index (χ2n) is 7.82. The monoisotopic (exact) mass is 467 g/mol. The van der Waals surface area contributed by atoms with Crippen molar-refractivity contribution in [3.8, 4) is 17.0 Å². The second kappa shape index (κ2) is 10.3. The molecule has 3 heterocycles. The van der Waals surface area contributed by atoms with Gasteiger partial charge in [-0.3, -0.25) is 19.0 Å². The quantitative estimate of drug-likeness (QED) is 0.488. The smallest absolute Gasteiger partial charge is 0.328 e. The number of carbonyl (C=O) groups excluding carboxylic acids is 1. The zero-order valence-corrected chi connectivity index (χ0v) is 18.7. The molecule has 3 aromatic rings. The standard InChI is InChI=1S/C23H25N5O6/c1-33-16-6-4-15(5-7-16)19-8-9-20(29)28(26-19)11-10-24-21(30)18-13-25-23(32)27(22(18)31)14-17-3-2-12-34-17/h4-9,13,17H,2-3,10-12,14H2,1H3,(H,24,30)(H,25,32). The minimum atomic E-state index is -0.687. The molecule has 0 radical (unpaired) electrons. The summed E-state index contributed by atoms with van der Waals surface area (Å²) in [4.78, 5) is 52.0. The van der Waals surface area contributed by atoms with Gasteiger partial charge in [-0.1, -0.05) is 0 Å². The van der Waals surface area contributed by atoms with E-state index in [4.69, 9.17) is 9.47 Å². The molecule has 1 aromatic carbocycles. The minimum Gasteiger partial charge on any atom is -0.497 e. The number of amides is 1. The van der Waals surface area contributed by atoms with Crippen molar-refractivity contribution in [3.63, 3.8) is 0 Å². The first kappa shape index (κ1) is 23.2. The number of hydrogen-bond donors (Lipinski definition) is 2. The molecule has 1 unspecified atom stereocenters. The number of nitrogens with zero attached hydrogens (tertiary/aromatic N) is 3. The van der Waals surface area contributed by atoms with E-state index in [-0.39, 0.29) is 36.9 Å². The molecule has 1 atom stereocenters. The molecular weight excluding hydrogens is 442 g/mol. The Morgan fingerprint density at radius 1 is 1.21 bits per heavy atom. The number of aromatic amines is 1. The third kappa shape index (κ3) is 5.15. The molecule has 0 bridgehead atoms. The van der Waals surface area contributed by atoms with Crippen molar-refractivity contribution in [3.05, 3.63) is 79.4 Å². The van der Waals surface area contributed by atoms with Crippen LogP contribution < -0.4 is 26.9 Å². The fourth-order valence-corrected chi connectivity index (χ4v) is 3.73. The van der Waals surface area contributed by atoms with Crippen LogP contribution in [0, 0.1) is 0 Å². The molecule has 0 aliphatic carbocycles. The molecule has 11 nitrogen and oxygen atoms in total. The van der Waals surface area contributed by atoms with Crippen LogP contribution in [0.3, 0.4) is 0 Å². The van der Waals surface area contributed by atoms with Crippen LogP contribution in [-0.4, -0.2) is 51.6 Å². The summed E-state index contributed by atoms with van der Waals surface area (Å²) in [6.07, 6.45) is 2.48. The van der Waals surface area contributed by atoms with E-state index in [9.17, 15) is 19.2 Å². The molecule has 1 saturated heterocycles. The summed E-state index contributed by atoms with van der Waals surface area (Å²) in [6.45, 7) is 0.835. The molecule has 0 saturated carbocycles. The number of aromatic nitrogens is 4. The lowest BCUT2D eigenvalue weighted by molar-refractivity contribution is 0.0922. The number of carbonyl (C=O) groups is 1. The number of nitrogens with one attached hydrogen (secondary N) is 2. The Balaban J connectivity index is 1.43. The lowest BCUT2D eigenvalue weighted by Crippen LogP contribution is -2.43. The third-order valence-electron chi connectivity index (χ3n) is 5.58. The van der Waals surface area contributed by atoms with Gasteiger partial charge < -0.3 is 19.8 Å². The Morgan fingerprint density at radius 2 is 2.00 bits per heavy atom. The zero-order valence-electron chi connectivity index (χ0n) is 18.7. The highest BCUT2D eigenvalue weighted by molar-refractivity contribution is 5.93. The van der Waals surface area contributed by atoms with E-state index in [1.165, 1.54) is 10.7 Å². The van der Waals surface area contributed by atoms with Gasteiger partial charge in [0.2, 0.25) is 0 Å². The summed E-state index contributed by atoms with van der Waals surface area (Å²) in [5.74, 6) is 0.0542. The van der Waals surface area contributed by atoms with Crippen LogP contribution >= 0.6 is 0 Å². The average molecular weight is 467 g/mol. The van der Waals surface area contributed by atoms with Crippen molar-refractivity contribution in [2.45, 2.75) is 32.0 Å². The molecule has 0 spiro atoms. The van der Waals surface area contributed by atoms with Crippen LogP contribution in [0.15, 0.2) is 57.0 Å². The summed E-state index contributed by atoms with van der Waals surface area (Å²) in [5, 5.41) is 6.96. The van der Waals surface area contributed by atoms with Gasteiger partial charge in [0.25, 0.3) is 17.0 Å². The predicted molar refractivity (Wildman–Crippen MR) is 123 cm³/mol. The van der Waals surface area contributed by atoms with E-state index in [1.807, 2.05) is 12.1 Å². The molecule has 1 amide bonds. The fourth-order valence-electron chi connectivity index (χ4n) is 3.73. The van der Waals surface area contributed by atoms with E-state index in [0.29, 0.717) is 18.1 Å². The van der Waals surface area contributed by atoms with Crippen molar-refractivity contribution < 1.29 is 14.3 Å². The molecule has 1 aliphatic heterocycles. The van der Waals surface area contributed by atoms with Gasteiger partial charge in [-0.15, -0.1) is 0 Å². The Bertz CT molecular complexity index is 1340.